The molecule has 0 radical (unpaired) electrons. The van der Waals surface area contributed by atoms with E-state index < -0.39 is 0 Å². The van der Waals surface area contributed by atoms with Gasteiger partial charge in [-0.3, -0.25) is 9.69 Å². The van der Waals surface area contributed by atoms with Crippen molar-refractivity contribution in [3.05, 3.63) is 24.3 Å². The third-order valence-corrected chi connectivity index (χ3v) is 3.45. The number of rotatable bonds is 7. The second kappa shape index (κ2) is 7.26. The highest BCUT2D eigenvalue weighted by Gasteiger charge is 2.25. The minimum atomic E-state index is -0.202. The summed E-state index contributed by atoms with van der Waals surface area (Å²) < 4.78 is 5.22. The number of methoxy groups -OCH3 is 1. The lowest BCUT2D eigenvalue weighted by molar-refractivity contribution is -0.118. The highest BCUT2D eigenvalue weighted by atomic mass is 16.5. The molecule has 0 aliphatic carbocycles. The predicted molar refractivity (Wildman–Crippen MR) is 82.0 cm³/mol. The minimum absolute atomic E-state index is 0.0714. The first-order chi connectivity index (χ1) is 9.44. The van der Waals surface area contributed by atoms with Gasteiger partial charge in [0.25, 0.3) is 0 Å². The summed E-state index contributed by atoms with van der Waals surface area (Å²) in [7, 11) is 1.58. The number of carbonyl (C=O) groups is 1. The summed E-state index contributed by atoms with van der Waals surface area (Å²) in [4.78, 5) is 14.2. The largest absolute Gasteiger partial charge is 0.495 e. The lowest BCUT2D eigenvalue weighted by Crippen LogP contribution is -2.51. The van der Waals surface area contributed by atoms with Crippen molar-refractivity contribution >= 4 is 11.6 Å². The second-order valence-electron chi connectivity index (χ2n) is 5.28. The highest BCUT2D eigenvalue weighted by molar-refractivity contribution is 5.93. The fraction of sp³-hybridized carbons (Fsp3) is 0.533. The zero-order valence-corrected chi connectivity index (χ0v) is 12.8. The number of ether oxygens (including phenoxy) is 1. The molecule has 5 nitrogen and oxygen atoms in total. The Morgan fingerprint density at radius 1 is 1.40 bits per heavy atom. The maximum atomic E-state index is 12.2. The molecule has 0 saturated carbocycles. The Labute approximate surface area is 121 Å². The molecule has 1 aromatic rings. The first-order valence-corrected chi connectivity index (χ1v) is 6.82. The van der Waals surface area contributed by atoms with Crippen LogP contribution >= 0.6 is 0 Å². The number of benzene rings is 1. The van der Waals surface area contributed by atoms with E-state index in [1.165, 1.54) is 0 Å². The van der Waals surface area contributed by atoms with Gasteiger partial charge in [0.15, 0.2) is 0 Å². The second-order valence-corrected chi connectivity index (χ2v) is 5.28. The molecule has 0 aromatic heterocycles. The number of hydrogen-bond acceptors (Lipinski definition) is 4. The van der Waals surface area contributed by atoms with Gasteiger partial charge in [-0.2, -0.15) is 0 Å². The summed E-state index contributed by atoms with van der Waals surface area (Å²) in [5.74, 6) is 0.583. The summed E-state index contributed by atoms with van der Waals surface area (Å²) >= 11 is 0. The lowest BCUT2D eigenvalue weighted by Gasteiger charge is -2.36. The Bertz CT molecular complexity index is 446. The van der Waals surface area contributed by atoms with Gasteiger partial charge < -0.3 is 15.8 Å². The smallest absolute Gasteiger partial charge is 0.238 e. The molecule has 0 heterocycles. The van der Waals surface area contributed by atoms with Gasteiger partial charge >= 0.3 is 0 Å². The summed E-state index contributed by atoms with van der Waals surface area (Å²) in [5.41, 5.74) is 6.24. The Balaban J connectivity index is 2.72. The number of carbonyl (C=O) groups excluding carboxylic acids is 1. The van der Waals surface area contributed by atoms with Gasteiger partial charge in [-0.25, -0.2) is 0 Å². The molecule has 0 spiro atoms. The average Bonchev–Trinajstić information content (AvgIpc) is 2.45. The molecule has 3 N–H and O–H groups in total. The van der Waals surface area contributed by atoms with Crippen LogP contribution in [0.4, 0.5) is 5.69 Å². The van der Waals surface area contributed by atoms with E-state index in [2.05, 4.69) is 10.2 Å². The van der Waals surface area contributed by atoms with Crippen molar-refractivity contribution in [1.82, 2.24) is 4.90 Å². The summed E-state index contributed by atoms with van der Waals surface area (Å²) in [5, 5.41) is 2.88. The molecule has 0 aliphatic rings. The van der Waals surface area contributed by atoms with Crippen LogP contribution in [0.15, 0.2) is 24.3 Å². The fourth-order valence-electron chi connectivity index (χ4n) is 1.99. The normalized spacial score (nSPS) is 11.5. The lowest BCUT2D eigenvalue weighted by atomic mass is 10.0. The number of likely N-dealkylation sites (N-methyl/N-ethyl adjacent to an activating group) is 1. The average molecular weight is 279 g/mol. The quantitative estimate of drug-likeness (QED) is 0.797. The monoisotopic (exact) mass is 279 g/mol. The number of anilines is 1. The molecule has 1 aromatic carbocycles. The number of nitrogens with zero attached hydrogens (tertiary/aromatic N) is 1. The Morgan fingerprint density at radius 3 is 2.60 bits per heavy atom. The molecule has 0 unspecified atom stereocenters. The molecule has 0 atom stereocenters. The van der Waals surface area contributed by atoms with Crippen molar-refractivity contribution in [2.45, 2.75) is 26.3 Å². The molecule has 0 aliphatic heterocycles. The van der Waals surface area contributed by atoms with E-state index in [4.69, 9.17) is 10.5 Å². The van der Waals surface area contributed by atoms with Crippen molar-refractivity contribution in [2.24, 2.45) is 5.73 Å². The van der Waals surface area contributed by atoms with Crippen LogP contribution in [0.3, 0.4) is 0 Å². The van der Waals surface area contributed by atoms with Gasteiger partial charge in [0.2, 0.25) is 5.91 Å². The van der Waals surface area contributed by atoms with E-state index in [1.807, 2.05) is 45.0 Å². The van der Waals surface area contributed by atoms with Crippen LogP contribution in [0.5, 0.6) is 5.75 Å². The number of nitrogens with one attached hydrogen (secondary N) is 1. The van der Waals surface area contributed by atoms with E-state index >= 15 is 0 Å². The van der Waals surface area contributed by atoms with Gasteiger partial charge in [0.1, 0.15) is 5.75 Å². The van der Waals surface area contributed by atoms with Crippen molar-refractivity contribution < 1.29 is 9.53 Å². The van der Waals surface area contributed by atoms with Crippen LogP contribution in [0.25, 0.3) is 0 Å². The number of amides is 1. The number of para-hydroxylation sites is 2. The van der Waals surface area contributed by atoms with Crippen molar-refractivity contribution in [3.8, 4) is 5.75 Å². The number of hydrogen-bond donors (Lipinski definition) is 2. The van der Waals surface area contributed by atoms with E-state index in [0.717, 1.165) is 6.54 Å². The first kappa shape index (κ1) is 16.5. The first-order valence-electron chi connectivity index (χ1n) is 6.82. The van der Waals surface area contributed by atoms with E-state index in [0.29, 0.717) is 24.5 Å². The topological polar surface area (TPSA) is 67.6 Å². The third kappa shape index (κ3) is 4.21. The van der Waals surface area contributed by atoms with E-state index in [1.54, 1.807) is 7.11 Å². The molecule has 0 fully saturated rings. The van der Waals surface area contributed by atoms with Gasteiger partial charge in [0, 0.05) is 12.1 Å². The molecule has 1 rings (SSSR count). The SMILES string of the molecule is CCN(CC(=O)Nc1ccccc1OC)C(C)(C)CN. The van der Waals surface area contributed by atoms with E-state index in [9.17, 15) is 4.79 Å². The molecule has 1 amide bonds. The zero-order valence-electron chi connectivity index (χ0n) is 12.8. The zero-order chi connectivity index (χ0) is 15.2. The van der Waals surface area contributed by atoms with Crippen molar-refractivity contribution in [1.29, 1.82) is 0 Å². The molecule has 0 saturated heterocycles. The molecule has 20 heavy (non-hydrogen) atoms. The Kier molecular flexibility index (Phi) is 5.98. The van der Waals surface area contributed by atoms with Crippen molar-refractivity contribution in [3.63, 3.8) is 0 Å². The maximum Gasteiger partial charge on any atom is 0.238 e. The Morgan fingerprint density at radius 2 is 2.05 bits per heavy atom. The molecule has 5 heteroatoms. The van der Waals surface area contributed by atoms with Crippen LogP contribution in [0.1, 0.15) is 20.8 Å². The molecular formula is C15H25N3O2. The molecule has 112 valence electrons. The number of nitrogens with two attached hydrogens (primary N) is 1. The van der Waals surface area contributed by atoms with Gasteiger partial charge in [-0.1, -0.05) is 19.1 Å². The Hall–Kier alpha value is -1.59. The maximum absolute atomic E-state index is 12.2. The van der Waals surface area contributed by atoms with Crippen LogP contribution in [-0.4, -0.2) is 43.1 Å². The minimum Gasteiger partial charge on any atom is -0.495 e. The van der Waals surface area contributed by atoms with Crippen LogP contribution in [0.2, 0.25) is 0 Å². The van der Waals surface area contributed by atoms with Crippen LogP contribution in [0, 0.1) is 0 Å². The summed E-state index contributed by atoms with van der Waals surface area (Å²) in [6.07, 6.45) is 0. The predicted octanol–water partition coefficient (Wildman–Crippen LogP) is 1.69. The van der Waals surface area contributed by atoms with Gasteiger partial charge in [0.05, 0.1) is 19.3 Å². The fourth-order valence-corrected chi connectivity index (χ4v) is 1.99. The third-order valence-electron chi connectivity index (χ3n) is 3.45. The van der Waals surface area contributed by atoms with Crippen molar-refractivity contribution in [2.75, 3.05) is 32.1 Å². The molecule has 0 bridgehead atoms. The summed E-state index contributed by atoms with van der Waals surface area (Å²) in [6, 6.07) is 7.36. The summed E-state index contributed by atoms with van der Waals surface area (Å²) in [6.45, 7) is 7.67. The van der Waals surface area contributed by atoms with Gasteiger partial charge in [-0.15, -0.1) is 0 Å². The van der Waals surface area contributed by atoms with Crippen LogP contribution in [-0.2, 0) is 4.79 Å². The van der Waals surface area contributed by atoms with E-state index in [-0.39, 0.29) is 11.4 Å². The molecular weight excluding hydrogens is 254 g/mol. The van der Waals surface area contributed by atoms with Crippen LogP contribution < -0.4 is 15.8 Å². The van der Waals surface area contributed by atoms with Gasteiger partial charge in [-0.05, 0) is 32.5 Å². The standard InChI is InChI=1S/C15H25N3O2/c1-5-18(15(2,3)11-16)10-14(19)17-12-8-6-7-9-13(12)20-4/h6-9H,5,10-11,16H2,1-4H3,(H,17,19). The highest BCUT2D eigenvalue weighted by Crippen LogP contribution is 2.23.